The summed E-state index contributed by atoms with van der Waals surface area (Å²) in [5.74, 6) is 0. The summed E-state index contributed by atoms with van der Waals surface area (Å²) in [6.07, 6.45) is 0. The van der Waals surface area contributed by atoms with E-state index in [2.05, 4.69) is 91.7 Å². The zero-order valence-corrected chi connectivity index (χ0v) is 15.4. The minimum atomic E-state index is 0.232. The quantitative estimate of drug-likeness (QED) is 0.506. The highest BCUT2D eigenvalue weighted by atomic mass is 127. The van der Waals surface area contributed by atoms with Crippen molar-refractivity contribution in [3.05, 3.63) is 67.0 Å². The fourth-order valence-corrected chi connectivity index (χ4v) is 4.43. The second-order valence-electron chi connectivity index (χ2n) is 4.58. The maximum Gasteiger partial charge on any atom is 0.0588 e. The molecular formula is C16H13BrINS. The van der Waals surface area contributed by atoms with Crippen LogP contribution in [0.3, 0.4) is 0 Å². The van der Waals surface area contributed by atoms with Crippen LogP contribution in [0.5, 0.6) is 0 Å². The molecule has 1 unspecified atom stereocenters. The van der Waals surface area contributed by atoms with Gasteiger partial charge in [-0.1, -0.05) is 24.3 Å². The molecule has 1 atom stereocenters. The summed E-state index contributed by atoms with van der Waals surface area (Å²) < 4.78 is 3.75. The lowest BCUT2D eigenvalue weighted by atomic mass is 9.98. The van der Waals surface area contributed by atoms with Gasteiger partial charge < -0.3 is 5.32 Å². The molecule has 3 aromatic rings. The van der Waals surface area contributed by atoms with Gasteiger partial charge in [0.15, 0.2) is 0 Å². The highest BCUT2D eigenvalue weighted by molar-refractivity contribution is 14.1. The number of hydrogen-bond donors (Lipinski definition) is 1. The lowest BCUT2D eigenvalue weighted by molar-refractivity contribution is 0.698. The van der Waals surface area contributed by atoms with E-state index in [0.717, 1.165) is 0 Å². The molecule has 0 radical (unpaired) electrons. The van der Waals surface area contributed by atoms with E-state index in [1.807, 2.05) is 7.05 Å². The molecular weight excluding hydrogens is 445 g/mol. The van der Waals surface area contributed by atoms with Gasteiger partial charge in [0, 0.05) is 12.7 Å². The average molecular weight is 458 g/mol. The van der Waals surface area contributed by atoms with Gasteiger partial charge in [-0.25, -0.2) is 0 Å². The molecule has 0 spiro atoms. The number of rotatable bonds is 3. The molecule has 1 aromatic heterocycles. The van der Waals surface area contributed by atoms with Gasteiger partial charge in [0.2, 0.25) is 0 Å². The van der Waals surface area contributed by atoms with E-state index in [9.17, 15) is 0 Å². The van der Waals surface area contributed by atoms with Crippen molar-refractivity contribution in [2.75, 3.05) is 7.05 Å². The maximum atomic E-state index is 3.64. The Morgan fingerprint density at radius 1 is 1.15 bits per heavy atom. The summed E-state index contributed by atoms with van der Waals surface area (Å²) in [7, 11) is 2.02. The smallest absolute Gasteiger partial charge is 0.0588 e. The van der Waals surface area contributed by atoms with Crippen molar-refractivity contribution in [3.8, 4) is 0 Å². The van der Waals surface area contributed by atoms with Crippen molar-refractivity contribution in [1.29, 1.82) is 0 Å². The Hall–Kier alpha value is -0.430. The van der Waals surface area contributed by atoms with Crippen LogP contribution in [0.15, 0.2) is 52.3 Å². The Labute approximate surface area is 144 Å². The van der Waals surface area contributed by atoms with Crippen LogP contribution in [0.4, 0.5) is 0 Å². The second-order valence-corrected chi connectivity index (χ2v) is 7.56. The Bertz CT molecular complexity index is 736. The molecule has 3 rings (SSSR count). The fraction of sp³-hybridized carbons (Fsp3) is 0.125. The van der Waals surface area contributed by atoms with E-state index < -0.39 is 0 Å². The summed E-state index contributed by atoms with van der Waals surface area (Å²) in [5.41, 5.74) is 2.64. The van der Waals surface area contributed by atoms with E-state index >= 15 is 0 Å². The zero-order valence-electron chi connectivity index (χ0n) is 10.9. The minimum absolute atomic E-state index is 0.232. The molecule has 0 amide bonds. The number of hydrogen-bond acceptors (Lipinski definition) is 2. The van der Waals surface area contributed by atoms with Gasteiger partial charge in [-0.05, 0) is 85.7 Å². The summed E-state index contributed by atoms with van der Waals surface area (Å²) in [6.45, 7) is 0. The van der Waals surface area contributed by atoms with Crippen molar-refractivity contribution in [3.63, 3.8) is 0 Å². The second kappa shape index (κ2) is 6.13. The van der Waals surface area contributed by atoms with Crippen molar-refractivity contribution >= 4 is 59.9 Å². The van der Waals surface area contributed by atoms with Gasteiger partial charge in [-0.3, -0.25) is 0 Å². The first-order valence-corrected chi connectivity index (χ1v) is 9.04. The van der Waals surface area contributed by atoms with Gasteiger partial charge in [-0.15, -0.1) is 11.3 Å². The van der Waals surface area contributed by atoms with Crippen LogP contribution in [0.25, 0.3) is 10.1 Å². The van der Waals surface area contributed by atoms with Crippen LogP contribution in [-0.2, 0) is 0 Å². The summed E-state index contributed by atoms with van der Waals surface area (Å²) in [4.78, 5) is 0. The number of fused-ring (bicyclic) bond motifs is 1. The number of thiophene rings is 1. The largest absolute Gasteiger partial charge is 0.309 e. The maximum absolute atomic E-state index is 3.64. The van der Waals surface area contributed by atoms with Gasteiger partial charge in [0.1, 0.15) is 0 Å². The Kier molecular flexibility index (Phi) is 4.45. The summed E-state index contributed by atoms with van der Waals surface area (Å²) in [6, 6.07) is 15.3. The van der Waals surface area contributed by atoms with Crippen LogP contribution < -0.4 is 5.32 Å². The standard InChI is InChI=1S/C16H13BrINS/c1-19-15(10-5-7-11(18)8-6-10)13-9-20-16-12(13)3-2-4-14(16)17/h2-9,15,19H,1H3. The molecule has 1 N–H and O–H groups in total. The third-order valence-corrected chi connectivity index (χ3v) is 6.07. The molecule has 0 fully saturated rings. The monoisotopic (exact) mass is 457 g/mol. The van der Waals surface area contributed by atoms with E-state index in [0.29, 0.717) is 0 Å². The normalized spacial score (nSPS) is 12.8. The third-order valence-electron chi connectivity index (χ3n) is 3.38. The molecule has 4 heteroatoms. The van der Waals surface area contributed by atoms with Crippen molar-refractivity contribution in [1.82, 2.24) is 5.32 Å². The molecule has 1 heterocycles. The SMILES string of the molecule is CNC(c1ccc(I)cc1)c1csc2c(Br)cccc12. The predicted molar refractivity (Wildman–Crippen MR) is 99.6 cm³/mol. The predicted octanol–water partition coefficient (Wildman–Crippen LogP) is 5.58. The highest BCUT2D eigenvalue weighted by Crippen LogP contribution is 2.37. The van der Waals surface area contributed by atoms with Crippen LogP contribution in [-0.4, -0.2) is 7.05 Å². The molecule has 0 aliphatic rings. The number of halogens is 2. The summed E-state index contributed by atoms with van der Waals surface area (Å²) in [5, 5.41) is 7.02. The van der Waals surface area contributed by atoms with Crippen LogP contribution in [0, 0.1) is 3.57 Å². The van der Waals surface area contributed by atoms with Crippen LogP contribution >= 0.6 is 49.9 Å². The van der Waals surface area contributed by atoms with Gasteiger partial charge >= 0.3 is 0 Å². The van der Waals surface area contributed by atoms with Crippen molar-refractivity contribution < 1.29 is 0 Å². The lowest BCUT2D eigenvalue weighted by Crippen LogP contribution is -2.17. The molecule has 0 saturated heterocycles. The third kappa shape index (κ3) is 2.66. The highest BCUT2D eigenvalue weighted by Gasteiger charge is 2.17. The van der Waals surface area contributed by atoms with E-state index in [1.165, 1.54) is 29.3 Å². The molecule has 102 valence electrons. The van der Waals surface area contributed by atoms with E-state index in [1.54, 1.807) is 11.3 Å². The van der Waals surface area contributed by atoms with E-state index in [4.69, 9.17) is 0 Å². The molecule has 0 aliphatic carbocycles. The molecule has 0 bridgehead atoms. The fourth-order valence-electron chi connectivity index (χ4n) is 2.42. The number of benzene rings is 2. The lowest BCUT2D eigenvalue weighted by Gasteiger charge is -2.16. The topological polar surface area (TPSA) is 12.0 Å². The Morgan fingerprint density at radius 3 is 2.60 bits per heavy atom. The molecule has 20 heavy (non-hydrogen) atoms. The first-order chi connectivity index (χ1) is 9.70. The van der Waals surface area contributed by atoms with Crippen LogP contribution in [0.2, 0.25) is 0 Å². The average Bonchev–Trinajstić information content (AvgIpc) is 2.87. The Balaban J connectivity index is 2.12. The van der Waals surface area contributed by atoms with Gasteiger partial charge in [0.25, 0.3) is 0 Å². The molecule has 1 nitrogen and oxygen atoms in total. The van der Waals surface area contributed by atoms with Gasteiger partial charge in [-0.2, -0.15) is 0 Å². The van der Waals surface area contributed by atoms with Crippen molar-refractivity contribution in [2.45, 2.75) is 6.04 Å². The minimum Gasteiger partial charge on any atom is -0.309 e. The van der Waals surface area contributed by atoms with Crippen molar-refractivity contribution in [2.24, 2.45) is 0 Å². The first kappa shape index (κ1) is 14.5. The van der Waals surface area contributed by atoms with E-state index in [-0.39, 0.29) is 6.04 Å². The molecule has 0 saturated carbocycles. The first-order valence-electron chi connectivity index (χ1n) is 6.29. The molecule has 0 aliphatic heterocycles. The van der Waals surface area contributed by atoms with Gasteiger partial charge in [0.05, 0.1) is 6.04 Å². The van der Waals surface area contributed by atoms with Crippen LogP contribution in [0.1, 0.15) is 17.2 Å². The zero-order chi connectivity index (χ0) is 14.1. The molecule has 2 aromatic carbocycles. The Morgan fingerprint density at radius 2 is 1.90 bits per heavy atom. The summed E-state index contributed by atoms with van der Waals surface area (Å²) >= 11 is 7.77. The number of nitrogens with one attached hydrogen (secondary N) is 1.